The van der Waals surface area contributed by atoms with Gasteiger partial charge in [-0.3, -0.25) is 4.79 Å². The van der Waals surface area contributed by atoms with E-state index >= 15 is 0 Å². The Morgan fingerprint density at radius 3 is 3.14 bits per heavy atom. The van der Waals surface area contributed by atoms with Crippen molar-refractivity contribution in [3.63, 3.8) is 0 Å². The molecule has 2 rings (SSSR count). The molecule has 1 amide bonds. The molecule has 0 radical (unpaired) electrons. The minimum Gasteiger partial charge on any atom is -0.388 e. The maximum absolute atomic E-state index is 13.6. The van der Waals surface area contributed by atoms with Crippen LogP contribution in [-0.4, -0.2) is 39.2 Å². The van der Waals surface area contributed by atoms with E-state index in [1.165, 1.54) is 6.92 Å². The van der Waals surface area contributed by atoms with Crippen LogP contribution in [0, 0.1) is 5.82 Å². The first-order valence-corrected chi connectivity index (χ1v) is 7.17. The fourth-order valence-electron chi connectivity index (χ4n) is 2.55. The largest absolute Gasteiger partial charge is 0.388 e. The van der Waals surface area contributed by atoms with Crippen molar-refractivity contribution in [2.75, 3.05) is 11.9 Å². The highest BCUT2D eigenvalue weighted by Crippen LogP contribution is 2.30. The van der Waals surface area contributed by atoms with E-state index < -0.39 is 11.4 Å². The molecule has 1 saturated carbocycles. The van der Waals surface area contributed by atoms with Crippen LogP contribution < -0.4 is 10.6 Å². The Labute approximate surface area is 127 Å². The van der Waals surface area contributed by atoms with E-state index in [0.717, 1.165) is 19.0 Å². The van der Waals surface area contributed by atoms with Crippen LogP contribution in [0.3, 0.4) is 0 Å². The molecule has 0 spiro atoms. The Hall–Kier alpha value is -1.47. The second-order valence-corrected chi connectivity index (χ2v) is 5.75. The molecule has 0 aliphatic heterocycles. The quantitative estimate of drug-likeness (QED) is 0.733. The summed E-state index contributed by atoms with van der Waals surface area (Å²) >= 11 is 5.65. The van der Waals surface area contributed by atoms with E-state index in [1.807, 2.05) is 0 Å². The molecule has 1 aliphatic rings. The summed E-state index contributed by atoms with van der Waals surface area (Å²) in [5.74, 6) is -0.744. The van der Waals surface area contributed by atoms with Gasteiger partial charge in [0.1, 0.15) is 0 Å². The molecule has 3 N–H and O–H groups in total. The molecule has 0 aromatic carbocycles. The Bertz CT molecular complexity index is 531. The normalized spacial score (nSPS) is 25.4. The summed E-state index contributed by atoms with van der Waals surface area (Å²) < 4.78 is 13.6. The number of nitrogens with one attached hydrogen (secondary N) is 2. The highest BCUT2D eigenvalue weighted by atomic mass is 35.5. The first-order chi connectivity index (χ1) is 9.88. The van der Waals surface area contributed by atoms with Crippen LogP contribution in [-0.2, 0) is 4.79 Å². The number of aromatic nitrogens is 2. The van der Waals surface area contributed by atoms with Crippen LogP contribution in [0.15, 0.2) is 6.20 Å². The molecular formula is C13H18ClFN4O2. The molecule has 1 heterocycles. The van der Waals surface area contributed by atoms with Gasteiger partial charge in [-0.2, -0.15) is 4.98 Å². The number of hydrogen-bond donors (Lipinski definition) is 3. The summed E-state index contributed by atoms with van der Waals surface area (Å²) in [5.41, 5.74) is -0.991. The summed E-state index contributed by atoms with van der Waals surface area (Å²) in [5, 5.41) is 16.0. The molecule has 6 nitrogen and oxygen atoms in total. The van der Waals surface area contributed by atoms with Crippen LogP contribution in [0.25, 0.3) is 0 Å². The number of hydrogen-bond acceptors (Lipinski definition) is 5. The number of carbonyl (C=O) groups is 1. The first-order valence-electron chi connectivity index (χ1n) is 6.79. The SMILES string of the molecule is CC(=O)NC[C@]1(O)CCCC(Nc2nc(Cl)ncc2F)C1. The zero-order valence-electron chi connectivity index (χ0n) is 11.7. The number of amides is 1. The smallest absolute Gasteiger partial charge is 0.224 e. The Morgan fingerprint density at radius 1 is 1.67 bits per heavy atom. The Morgan fingerprint density at radius 2 is 2.43 bits per heavy atom. The minimum atomic E-state index is -0.991. The number of halogens is 2. The lowest BCUT2D eigenvalue weighted by Crippen LogP contribution is -2.48. The van der Waals surface area contributed by atoms with Gasteiger partial charge in [0.25, 0.3) is 0 Å². The van der Waals surface area contributed by atoms with Gasteiger partial charge in [0.15, 0.2) is 11.6 Å². The first kappa shape index (κ1) is 15.9. The molecule has 2 atom stereocenters. The van der Waals surface area contributed by atoms with E-state index in [4.69, 9.17) is 11.6 Å². The van der Waals surface area contributed by atoms with Gasteiger partial charge >= 0.3 is 0 Å². The van der Waals surface area contributed by atoms with Crippen molar-refractivity contribution in [1.82, 2.24) is 15.3 Å². The van der Waals surface area contributed by atoms with Gasteiger partial charge in [0, 0.05) is 19.5 Å². The third-order valence-corrected chi connectivity index (χ3v) is 3.73. The summed E-state index contributed by atoms with van der Waals surface area (Å²) in [7, 11) is 0. The van der Waals surface area contributed by atoms with Crippen molar-refractivity contribution in [1.29, 1.82) is 0 Å². The monoisotopic (exact) mass is 316 g/mol. The lowest BCUT2D eigenvalue weighted by atomic mass is 9.81. The number of aliphatic hydroxyl groups is 1. The highest BCUT2D eigenvalue weighted by molar-refractivity contribution is 6.28. The van der Waals surface area contributed by atoms with Crippen molar-refractivity contribution >= 4 is 23.3 Å². The maximum atomic E-state index is 13.6. The molecule has 1 fully saturated rings. The van der Waals surface area contributed by atoms with E-state index in [2.05, 4.69) is 20.6 Å². The van der Waals surface area contributed by atoms with Crippen molar-refractivity contribution in [2.24, 2.45) is 0 Å². The average molecular weight is 317 g/mol. The molecule has 1 aromatic rings. The molecule has 21 heavy (non-hydrogen) atoms. The second-order valence-electron chi connectivity index (χ2n) is 5.41. The zero-order valence-corrected chi connectivity index (χ0v) is 12.5. The van der Waals surface area contributed by atoms with E-state index in [0.29, 0.717) is 12.8 Å². The van der Waals surface area contributed by atoms with Crippen molar-refractivity contribution < 1.29 is 14.3 Å². The number of rotatable bonds is 4. The number of anilines is 1. The van der Waals surface area contributed by atoms with Gasteiger partial charge in [-0.25, -0.2) is 9.37 Å². The summed E-state index contributed by atoms with van der Waals surface area (Å²) in [6.07, 6.45) is 3.55. The summed E-state index contributed by atoms with van der Waals surface area (Å²) in [4.78, 5) is 18.3. The Kier molecular flexibility index (Phi) is 4.95. The van der Waals surface area contributed by atoms with Gasteiger partial charge in [-0.05, 0) is 37.3 Å². The van der Waals surface area contributed by atoms with Crippen LogP contribution in [0.2, 0.25) is 5.28 Å². The molecule has 1 aromatic heterocycles. The minimum absolute atomic E-state index is 0.0313. The lowest BCUT2D eigenvalue weighted by molar-refractivity contribution is -0.120. The number of carbonyl (C=O) groups excluding carboxylic acids is 1. The van der Waals surface area contributed by atoms with Gasteiger partial charge < -0.3 is 15.7 Å². The van der Waals surface area contributed by atoms with Crippen molar-refractivity contribution in [2.45, 2.75) is 44.2 Å². The van der Waals surface area contributed by atoms with E-state index in [-0.39, 0.29) is 29.6 Å². The molecular weight excluding hydrogens is 299 g/mol. The van der Waals surface area contributed by atoms with Crippen LogP contribution in [0.1, 0.15) is 32.6 Å². The molecule has 0 saturated heterocycles. The topological polar surface area (TPSA) is 87.1 Å². The maximum Gasteiger partial charge on any atom is 0.224 e. The molecule has 1 aliphatic carbocycles. The fraction of sp³-hybridized carbons (Fsp3) is 0.615. The third kappa shape index (κ3) is 4.50. The average Bonchev–Trinajstić information content (AvgIpc) is 2.41. The summed E-state index contributed by atoms with van der Waals surface area (Å²) in [6, 6.07) is -0.141. The molecule has 0 bridgehead atoms. The molecule has 8 heteroatoms. The highest BCUT2D eigenvalue weighted by Gasteiger charge is 2.34. The standard InChI is InChI=1S/C13H18ClFN4O2/c1-8(20)17-7-13(21)4-2-3-9(5-13)18-11-10(15)6-16-12(14)19-11/h6,9,21H,2-5,7H2,1H3,(H,17,20)(H,16,18,19)/t9?,13-/m0/s1. The Balaban J connectivity index is 2.00. The van der Waals surface area contributed by atoms with Gasteiger partial charge in [-0.1, -0.05) is 0 Å². The third-order valence-electron chi connectivity index (χ3n) is 3.54. The van der Waals surface area contributed by atoms with E-state index in [9.17, 15) is 14.3 Å². The molecule has 116 valence electrons. The van der Waals surface area contributed by atoms with Gasteiger partial charge in [-0.15, -0.1) is 0 Å². The van der Waals surface area contributed by atoms with Crippen LogP contribution in [0.4, 0.5) is 10.2 Å². The van der Waals surface area contributed by atoms with Crippen LogP contribution >= 0.6 is 11.6 Å². The van der Waals surface area contributed by atoms with Crippen LogP contribution in [0.5, 0.6) is 0 Å². The zero-order chi connectivity index (χ0) is 15.5. The fourth-order valence-corrected chi connectivity index (χ4v) is 2.69. The number of nitrogens with zero attached hydrogens (tertiary/aromatic N) is 2. The predicted molar refractivity (Wildman–Crippen MR) is 76.5 cm³/mol. The van der Waals surface area contributed by atoms with Crippen molar-refractivity contribution in [3.8, 4) is 0 Å². The predicted octanol–water partition coefficient (Wildman–Crippen LogP) is 1.49. The van der Waals surface area contributed by atoms with Gasteiger partial charge in [0.05, 0.1) is 11.8 Å². The lowest BCUT2D eigenvalue weighted by Gasteiger charge is -2.37. The molecule has 1 unspecified atom stereocenters. The van der Waals surface area contributed by atoms with Crippen molar-refractivity contribution in [3.05, 3.63) is 17.3 Å². The van der Waals surface area contributed by atoms with Gasteiger partial charge in [0.2, 0.25) is 11.2 Å². The second kappa shape index (κ2) is 6.53. The van der Waals surface area contributed by atoms with E-state index in [1.54, 1.807) is 0 Å². The summed E-state index contributed by atoms with van der Waals surface area (Å²) in [6.45, 7) is 1.59.